The summed E-state index contributed by atoms with van der Waals surface area (Å²) in [5.41, 5.74) is 0. The van der Waals surface area contributed by atoms with Crippen molar-refractivity contribution >= 4 is 27.7 Å². The molecular formula is C21H22AsAuNO-2. The zero-order valence-corrected chi connectivity index (χ0v) is 18.3. The molecule has 0 spiro atoms. The number of hydrogen-bond donors (Lipinski definition) is 1. The zero-order valence-electron chi connectivity index (χ0n) is 14.3. The first kappa shape index (κ1) is 25.5. The summed E-state index contributed by atoms with van der Waals surface area (Å²) < 4.78 is 4.44. The van der Waals surface area contributed by atoms with Gasteiger partial charge < -0.3 is 20.0 Å². The maximum absolute atomic E-state index is 6.88. The molecule has 3 aromatic carbocycles. The Labute approximate surface area is 171 Å². The molecule has 0 aromatic heterocycles. The predicted molar refractivity (Wildman–Crippen MR) is 104 cm³/mol. The predicted octanol–water partition coefficient (Wildman–Crippen LogP) is 2.94. The SMILES string of the molecule is N#CO.[Au].[CH3-].[CH3-].c1ccc([As](c2ccccc2)c2ccccc2)cc1. The van der Waals surface area contributed by atoms with Crippen molar-refractivity contribution in [2.75, 3.05) is 0 Å². The van der Waals surface area contributed by atoms with E-state index >= 15 is 0 Å². The van der Waals surface area contributed by atoms with Gasteiger partial charge in [0.05, 0.1) is 0 Å². The van der Waals surface area contributed by atoms with Gasteiger partial charge in [0.15, 0.2) is 0 Å². The molecule has 0 saturated carbocycles. The average molecular weight is 576 g/mol. The van der Waals surface area contributed by atoms with Gasteiger partial charge in [-0.25, -0.2) is 0 Å². The van der Waals surface area contributed by atoms with Crippen LogP contribution in [0.5, 0.6) is 0 Å². The van der Waals surface area contributed by atoms with E-state index in [0.29, 0.717) is 0 Å². The van der Waals surface area contributed by atoms with Crippen LogP contribution in [0.25, 0.3) is 0 Å². The number of aliphatic hydroxyl groups is 1. The van der Waals surface area contributed by atoms with E-state index in [1.54, 1.807) is 0 Å². The summed E-state index contributed by atoms with van der Waals surface area (Å²) in [4.78, 5) is 0. The van der Waals surface area contributed by atoms with Gasteiger partial charge >= 0.3 is 119 Å². The Morgan fingerprint density at radius 2 is 0.800 bits per heavy atom. The number of aliphatic hydroxyl groups excluding tert-OH is 1. The third kappa shape index (κ3) is 7.78. The van der Waals surface area contributed by atoms with E-state index in [0.717, 1.165) is 6.26 Å². The van der Waals surface area contributed by atoms with Crippen molar-refractivity contribution in [3.8, 4) is 6.26 Å². The summed E-state index contributed by atoms with van der Waals surface area (Å²) in [6.45, 7) is 0. The molecule has 2 nitrogen and oxygen atoms in total. The van der Waals surface area contributed by atoms with Gasteiger partial charge in [0.1, 0.15) is 0 Å². The summed E-state index contributed by atoms with van der Waals surface area (Å²) in [7, 11) is 0. The first-order valence-electron chi connectivity index (χ1n) is 6.85. The molecule has 0 aliphatic heterocycles. The molecule has 0 unspecified atom stereocenters. The molecule has 0 heterocycles. The van der Waals surface area contributed by atoms with E-state index in [1.165, 1.54) is 13.1 Å². The van der Waals surface area contributed by atoms with Crippen molar-refractivity contribution in [3.05, 3.63) is 106 Å². The molecule has 25 heavy (non-hydrogen) atoms. The quantitative estimate of drug-likeness (QED) is 0.296. The second-order valence-corrected chi connectivity index (χ2v) is 9.10. The van der Waals surface area contributed by atoms with Crippen LogP contribution in [0.4, 0.5) is 0 Å². The van der Waals surface area contributed by atoms with Gasteiger partial charge in [-0.15, -0.1) is 0 Å². The summed E-state index contributed by atoms with van der Waals surface area (Å²) >= 11 is -1.39. The molecule has 3 aromatic rings. The number of benzene rings is 3. The maximum atomic E-state index is 6.88. The monoisotopic (exact) mass is 576 g/mol. The molecule has 0 aliphatic carbocycles. The van der Waals surface area contributed by atoms with Gasteiger partial charge in [-0.2, -0.15) is 5.26 Å². The molecule has 0 saturated heterocycles. The number of nitrogens with zero attached hydrogens (tertiary/aromatic N) is 1. The second-order valence-electron chi connectivity index (χ2n) is 4.44. The fraction of sp³-hybridized carbons (Fsp3) is 0. The Bertz CT molecular complexity index is 621. The van der Waals surface area contributed by atoms with Crippen molar-refractivity contribution in [3.63, 3.8) is 0 Å². The Morgan fingerprint density at radius 1 is 0.600 bits per heavy atom. The fourth-order valence-corrected chi connectivity index (χ4v) is 7.02. The molecule has 0 amide bonds. The van der Waals surface area contributed by atoms with Gasteiger partial charge in [0.2, 0.25) is 0 Å². The summed E-state index contributed by atoms with van der Waals surface area (Å²) in [5, 5.41) is 13.8. The zero-order chi connectivity index (χ0) is 15.6. The molecule has 0 aliphatic rings. The standard InChI is InChI=1S/C18H15As.CHNO.2CH3.Au/c1-4-10-16(11-5-1)19(17-12-6-2-7-13-17)18-14-8-3-9-15-18;2-1-3;;;/h1-15H;3H;2*1H3;/q;;2*-1;. The van der Waals surface area contributed by atoms with E-state index in [1.807, 2.05) is 0 Å². The van der Waals surface area contributed by atoms with Crippen LogP contribution in [0, 0.1) is 26.4 Å². The van der Waals surface area contributed by atoms with Crippen molar-refractivity contribution in [1.82, 2.24) is 0 Å². The number of nitriles is 1. The summed E-state index contributed by atoms with van der Waals surface area (Å²) in [6.07, 6.45) is 0.750. The van der Waals surface area contributed by atoms with Gasteiger partial charge in [0, 0.05) is 22.4 Å². The Balaban J connectivity index is 0. The molecule has 1 radical (unpaired) electrons. The Hall–Kier alpha value is -1.75. The summed E-state index contributed by atoms with van der Waals surface area (Å²) in [6, 6.07) is 32.7. The third-order valence-corrected chi connectivity index (χ3v) is 8.17. The van der Waals surface area contributed by atoms with Gasteiger partial charge in [-0.05, 0) is 0 Å². The van der Waals surface area contributed by atoms with Crippen molar-refractivity contribution in [2.45, 2.75) is 0 Å². The van der Waals surface area contributed by atoms with E-state index in [-0.39, 0.29) is 37.2 Å². The molecule has 0 bridgehead atoms. The van der Waals surface area contributed by atoms with Crippen molar-refractivity contribution in [2.24, 2.45) is 0 Å². The van der Waals surface area contributed by atoms with Crippen molar-refractivity contribution < 1.29 is 27.5 Å². The van der Waals surface area contributed by atoms with Crippen LogP contribution in [-0.4, -0.2) is 19.8 Å². The van der Waals surface area contributed by atoms with E-state index in [4.69, 9.17) is 10.4 Å². The van der Waals surface area contributed by atoms with Crippen LogP contribution >= 0.6 is 0 Å². The average Bonchev–Trinajstić information content (AvgIpc) is 2.59. The van der Waals surface area contributed by atoms with Crippen LogP contribution in [-0.2, 0) is 22.4 Å². The van der Waals surface area contributed by atoms with E-state index in [2.05, 4.69) is 91.0 Å². The molecule has 135 valence electrons. The second kappa shape index (κ2) is 14.6. The molecular weight excluding hydrogens is 554 g/mol. The Morgan fingerprint density at radius 3 is 1.00 bits per heavy atom. The van der Waals surface area contributed by atoms with E-state index < -0.39 is 14.7 Å². The molecule has 0 fully saturated rings. The van der Waals surface area contributed by atoms with Crippen LogP contribution < -0.4 is 13.1 Å². The Kier molecular flexibility index (Phi) is 14.9. The minimum absolute atomic E-state index is 0. The summed E-state index contributed by atoms with van der Waals surface area (Å²) in [5.74, 6) is 0. The van der Waals surface area contributed by atoms with Crippen LogP contribution in [0.2, 0.25) is 0 Å². The molecule has 4 heteroatoms. The molecule has 0 atom stereocenters. The van der Waals surface area contributed by atoms with Crippen LogP contribution in [0.1, 0.15) is 0 Å². The topological polar surface area (TPSA) is 44.0 Å². The van der Waals surface area contributed by atoms with Crippen LogP contribution in [0.3, 0.4) is 0 Å². The van der Waals surface area contributed by atoms with E-state index in [9.17, 15) is 0 Å². The normalized spacial score (nSPS) is 8.32. The van der Waals surface area contributed by atoms with Gasteiger partial charge in [-0.1, -0.05) is 0 Å². The number of hydrogen-bond acceptors (Lipinski definition) is 2. The first-order chi connectivity index (χ1) is 10.9. The number of rotatable bonds is 3. The minimum atomic E-state index is -1.39. The third-order valence-electron chi connectivity index (χ3n) is 3.04. The van der Waals surface area contributed by atoms with Gasteiger partial charge in [0.25, 0.3) is 6.26 Å². The fourth-order valence-electron chi connectivity index (χ4n) is 2.18. The van der Waals surface area contributed by atoms with Crippen molar-refractivity contribution in [1.29, 1.82) is 5.26 Å². The van der Waals surface area contributed by atoms with Gasteiger partial charge in [-0.3, -0.25) is 0 Å². The molecule has 1 N–H and O–H groups in total. The molecule has 3 rings (SSSR count). The van der Waals surface area contributed by atoms with Crippen LogP contribution in [0.15, 0.2) is 91.0 Å². The first-order valence-corrected chi connectivity index (χ1v) is 9.66.